The van der Waals surface area contributed by atoms with Crippen LogP contribution in [0.4, 0.5) is 0 Å². The van der Waals surface area contributed by atoms with Crippen LogP contribution in [0.3, 0.4) is 0 Å². The maximum absolute atomic E-state index is 6.03. The summed E-state index contributed by atoms with van der Waals surface area (Å²) in [7, 11) is 0. The Bertz CT molecular complexity index is 788. The summed E-state index contributed by atoms with van der Waals surface area (Å²) < 4.78 is 4.84. The van der Waals surface area contributed by atoms with E-state index in [0.717, 1.165) is 66.5 Å². The first-order chi connectivity index (χ1) is 13.0. The molecule has 0 amide bonds. The Morgan fingerprint density at radius 3 is 2.30 bits per heavy atom. The molecule has 0 N–H and O–H groups in total. The summed E-state index contributed by atoms with van der Waals surface area (Å²) in [4.78, 5) is 5.01. The number of nitrogens with zero attached hydrogens (tertiary/aromatic N) is 5. The number of benzene rings is 1. The zero-order valence-electron chi connectivity index (χ0n) is 16.6. The topological polar surface area (TPSA) is 29.2 Å². The third-order valence-corrected chi connectivity index (χ3v) is 5.85. The smallest absolute Gasteiger partial charge is 0.199 e. The lowest BCUT2D eigenvalue weighted by atomic mass is 10.1. The van der Waals surface area contributed by atoms with Gasteiger partial charge in [0.2, 0.25) is 0 Å². The molecule has 0 spiro atoms. The van der Waals surface area contributed by atoms with Crippen LogP contribution in [0.5, 0.6) is 0 Å². The average molecular weight is 408 g/mol. The molecule has 1 aromatic heterocycles. The molecule has 0 aliphatic carbocycles. The molecule has 0 bridgehead atoms. The quantitative estimate of drug-likeness (QED) is 0.637. The Morgan fingerprint density at radius 1 is 1.07 bits per heavy atom. The molecule has 5 nitrogen and oxygen atoms in total. The second-order valence-electron chi connectivity index (χ2n) is 7.64. The Morgan fingerprint density at radius 2 is 1.70 bits per heavy atom. The summed E-state index contributed by atoms with van der Waals surface area (Å²) in [5.41, 5.74) is 1.05. The van der Waals surface area contributed by atoms with Gasteiger partial charge >= 0.3 is 0 Å². The molecule has 0 unspecified atom stereocenters. The van der Waals surface area contributed by atoms with Gasteiger partial charge in [-0.1, -0.05) is 25.4 Å². The van der Waals surface area contributed by atoms with E-state index < -0.39 is 0 Å². The van der Waals surface area contributed by atoms with Gasteiger partial charge in [-0.3, -0.25) is 4.90 Å². The Labute approximate surface area is 172 Å². The maximum atomic E-state index is 6.03. The largest absolute Gasteiger partial charge is 0.301 e. The van der Waals surface area contributed by atoms with Crippen LogP contribution in [0.25, 0.3) is 11.4 Å². The van der Waals surface area contributed by atoms with Crippen molar-refractivity contribution in [3.05, 3.63) is 34.1 Å². The van der Waals surface area contributed by atoms with Gasteiger partial charge in [-0.25, -0.2) is 4.68 Å². The first kappa shape index (κ1) is 20.5. The zero-order valence-corrected chi connectivity index (χ0v) is 18.1. The standard InChI is InChI=1S/C20H30ClN5S/c1-4-25-19(17-5-7-18(21)8-6-17)22-26(20(25)27)15-24-13-11-23(12-14-24)10-9-16(2)3/h5-8,16H,4,9-15H2,1-3H3. The van der Waals surface area contributed by atoms with Gasteiger partial charge < -0.3 is 9.47 Å². The first-order valence-electron chi connectivity index (χ1n) is 9.86. The minimum Gasteiger partial charge on any atom is -0.301 e. The third-order valence-electron chi connectivity index (χ3n) is 5.16. The fourth-order valence-electron chi connectivity index (χ4n) is 3.42. The van der Waals surface area contributed by atoms with Crippen LogP contribution in [0.15, 0.2) is 24.3 Å². The lowest BCUT2D eigenvalue weighted by Crippen LogP contribution is -2.47. The second-order valence-corrected chi connectivity index (χ2v) is 8.44. The molecule has 27 heavy (non-hydrogen) atoms. The molecule has 0 radical (unpaired) electrons. The van der Waals surface area contributed by atoms with E-state index in [9.17, 15) is 0 Å². The van der Waals surface area contributed by atoms with Gasteiger partial charge in [-0.05, 0) is 62.3 Å². The highest BCUT2D eigenvalue weighted by molar-refractivity contribution is 7.71. The number of hydrogen-bond acceptors (Lipinski definition) is 4. The van der Waals surface area contributed by atoms with Crippen LogP contribution in [0.1, 0.15) is 27.2 Å². The van der Waals surface area contributed by atoms with E-state index in [2.05, 4.69) is 35.1 Å². The summed E-state index contributed by atoms with van der Waals surface area (Å²) in [6, 6.07) is 7.80. The van der Waals surface area contributed by atoms with E-state index in [4.69, 9.17) is 28.9 Å². The highest BCUT2D eigenvalue weighted by Crippen LogP contribution is 2.21. The van der Waals surface area contributed by atoms with Gasteiger partial charge in [-0.2, -0.15) is 5.10 Å². The SMILES string of the molecule is CCn1c(-c2ccc(Cl)cc2)nn(CN2CCN(CCC(C)C)CC2)c1=S. The Kier molecular flexibility index (Phi) is 7.09. The number of piperazine rings is 1. The lowest BCUT2D eigenvalue weighted by molar-refractivity contribution is 0.0993. The number of halogens is 1. The third kappa shape index (κ3) is 5.19. The molecular weight excluding hydrogens is 378 g/mol. The normalized spacial score (nSPS) is 16.3. The molecule has 0 saturated carbocycles. The van der Waals surface area contributed by atoms with Crippen LogP contribution in [-0.4, -0.2) is 56.9 Å². The van der Waals surface area contributed by atoms with Gasteiger partial charge in [0.05, 0.1) is 6.67 Å². The van der Waals surface area contributed by atoms with Crippen molar-refractivity contribution in [3.63, 3.8) is 0 Å². The first-order valence-corrected chi connectivity index (χ1v) is 10.6. The highest BCUT2D eigenvalue weighted by Gasteiger charge is 2.19. The van der Waals surface area contributed by atoms with Crippen molar-refractivity contribution in [2.45, 2.75) is 40.4 Å². The zero-order chi connectivity index (χ0) is 19.4. The van der Waals surface area contributed by atoms with E-state index in [-0.39, 0.29) is 0 Å². The molecular formula is C20H30ClN5S. The van der Waals surface area contributed by atoms with Crippen molar-refractivity contribution in [2.75, 3.05) is 32.7 Å². The van der Waals surface area contributed by atoms with Crippen LogP contribution in [-0.2, 0) is 13.2 Å². The molecule has 0 atom stereocenters. The molecule has 2 heterocycles. The fourth-order valence-corrected chi connectivity index (χ4v) is 3.86. The number of rotatable bonds is 7. The molecule has 1 saturated heterocycles. The number of aromatic nitrogens is 3. The molecule has 7 heteroatoms. The van der Waals surface area contributed by atoms with Crippen molar-refractivity contribution in [2.24, 2.45) is 5.92 Å². The van der Waals surface area contributed by atoms with Gasteiger partial charge in [0, 0.05) is 43.3 Å². The summed E-state index contributed by atoms with van der Waals surface area (Å²) in [5.74, 6) is 1.68. The summed E-state index contributed by atoms with van der Waals surface area (Å²) in [6.07, 6.45) is 1.27. The van der Waals surface area contributed by atoms with Gasteiger partial charge in [0.1, 0.15) is 0 Å². The fraction of sp³-hybridized carbons (Fsp3) is 0.600. The summed E-state index contributed by atoms with van der Waals surface area (Å²) >= 11 is 11.7. The van der Waals surface area contributed by atoms with Crippen molar-refractivity contribution >= 4 is 23.8 Å². The van der Waals surface area contributed by atoms with Crippen molar-refractivity contribution in [1.29, 1.82) is 0 Å². The molecule has 148 valence electrons. The van der Waals surface area contributed by atoms with Gasteiger partial charge in [0.15, 0.2) is 10.6 Å². The van der Waals surface area contributed by atoms with E-state index >= 15 is 0 Å². The van der Waals surface area contributed by atoms with Crippen LogP contribution in [0.2, 0.25) is 5.02 Å². The molecule has 1 aliphatic heterocycles. The second kappa shape index (κ2) is 9.32. The van der Waals surface area contributed by atoms with Gasteiger partial charge in [0.25, 0.3) is 0 Å². The molecule has 1 fully saturated rings. The van der Waals surface area contributed by atoms with Crippen molar-refractivity contribution < 1.29 is 0 Å². The monoisotopic (exact) mass is 407 g/mol. The van der Waals surface area contributed by atoms with Crippen molar-refractivity contribution in [1.82, 2.24) is 24.1 Å². The van der Waals surface area contributed by atoms with Crippen LogP contribution < -0.4 is 0 Å². The molecule has 2 aromatic rings. The predicted octanol–water partition coefficient (Wildman–Crippen LogP) is 4.38. The van der Waals surface area contributed by atoms with Crippen LogP contribution >= 0.6 is 23.8 Å². The minimum absolute atomic E-state index is 0.732. The number of hydrogen-bond donors (Lipinski definition) is 0. The summed E-state index contributed by atoms with van der Waals surface area (Å²) in [6.45, 7) is 13.8. The van der Waals surface area contributed by atoms with E-state index in [1.165, 1.54) is 13.0 Å². The Hall–Kier alpha value is -1.21. The molecule has 1 aromatic carbocycles. The average Bonchev–Trinajstić information content (AvgIpc) is 2.97. The van der Waals surface area contributed by atoms with E-state index in [1.54, 1.807) is 0 Å². The maximum Gasteiger partial charge on any atom is 0.199 e. The van der Waals surface area contributed by atoms with Crippen LogP contribution in [0, 0.1) is 10.7 Å². The van der Waals surface area contributed by atoms with Crippen molar-refractivity contribution in [3.8, 4) is 11.4 Å². The predicted molar refractivity (Wildman–Crippen MR) is 115 cm³/mol. The molecule has 3 rings (SSSR count). The minimum atomic E-state index is 0.732. The van der Waals surface area contributed by atoms with Gasteiger partial charge in [-0.15, -0.1) is 0 Å². The Balaban J connectivity index is 1.68. The highest BCUT2D eigenvalue weighted by atomic mass is 35.5. The van der Waals surface area contributed by atoms with E-state index in [1.807, 2.05) is 28.9 Å². The lowest BCUT2D eigenvalue weighted by Gasteiger charge is -2.34. The summed E-state index contributed by atoms with van der Waals surface area (Å²) in [5, 5.41) is 5.56. The molecule has 1 aliphatic rings. The van der Waals surface area contributed by atoms with E-state index in [0.29, 0.717) is 0 Å².